The molecule has 2 atom stereocenters. The van der Waals surface area contributed by atoms with Gasteiger partial charge < -0.3 is 20.1 Å². The first kappa shape index (κ1) is 23.1. The molecule has 0 aliphatic carbocycles. The molecule has 3 aromatic rings. The first-order valence-corrected chi connectivity index (χ1v) is 12.1. The minimum Gasteiger partial charge on any atom is -0.493 e. The minimum atomic E-state index is -0.468. The summed E-state index contributed by atoms with van der Waals surface area (Å²) in [4.78, 5) is 11.3. The molecule has 0 saturated carbocycles. The van der Waals surface area contributed by atoms with Crippen molar-refractivity contribution in [1.82, 2.24) is 20.2 Å². The van der Waals surface area contributed by atoms with E-state index in [-0.39, 0.29) is 5.02 Å². The van der Waals surface area contributed by atoms with Crippen LogP contribution in [0.4, 0.5) is 15.9 Å². The quantitative estimate of drug-likeness (QED) is 0.451. The van der Waals surface area contributed by atoms with Crippen molar-refractivity contribution in [1.29, 1.82) is 0 Å². The number of likely N-dealkylation sites (tertiary alicyclic amines) is 1. The van der Waals surface area contributed by atoms with Crippen molar-refractivity contribution >= 4 is 34.0 Å². The summed E-state index contributed by atoms with van der Waals surface area (Å²) < 4.78 is 25.2. The molecule has 0 radical (unpaired) electrons. The highest BCUT2D eigenvalue weighted by atomic mass is 35.5. The summed E-state index contributed by atoms with van der Waals surface area (Å²) in [5, 5.41) is 7.55. The first-order valence-electron chi connectivity index (χ1n) is 11.7. The van der Waals surface area contributed by atoms with Crippen LogP contribution in [0.25, 0.3) is 10.9 Å². The average Bonchev–Trinajstić information content (AvgIpc) is 3.27. The van der Waals surface area contributed by atoms with Crippen LogP contribution >= 0.6 is 11.6 Å². The summed E-state index contributed by atoms with van der Waals surface area (Å²) >= 11 is 5.93. The molecule has 2 saturated heterocycles. The summed E-state index contributed by atoms with van der Waals surface area (Å²) in [6, 6.07) is 8.84. The van der Waals surface area contributed by atoms with E-state index in [2.05, 4.69) is 25.5 Å². The maximum Gasteiger partial charge on any atom is 0.162 e. The minimum absolute atomic E-state index is 0.0439. The maximum atomic E-state index is 13.5. The molecular formula is C25H29ClFN5O2. The van der Waals surface area contributed by atoms with Gasteiger partial charge >= 0.3 is 0 Å². The van der Waals surface area contributed by atoms with Gasteiger partial charge in [0.15, 0.2) is 11.5 Å². The van der Waals surface area contributed by atoms with E-state index in [1.165, 1.54) is 37.8 Å². The number of hydrogen-bond acceptors (Lipinski definition) is 7. The number of aromatic nitrogens is 2. The Balaban J connectivity index is 1.28. The first-order chi connectivity index (χ1) is 16.6. The standard InChI is InChI=1S/C25H29ClFN5O2/c1-33-23-13-21-18(25(30-15-29-21)31-17-3-4-20(27)19(26)11-17)12-24(23)34-10-2-8-32-9-6-16-5-7-28-14-22(16)32/h3-4,11-13,15-16,22,28H,2,5-10,14H2,1H3,(H,29,30,31). The van der Waals surface area contributed by atoms with Gasteiger partial charge in [0.1, 0.15) is 18.0 Å². The van der Waals surface area contributed by atoms with Crippen molar-refractivity contribution in [3.63, 3.8) is 0 Å². The van der Waals surface area contributed by atoms with E-state index in [0.717, 1.165) is 37.4 Å². The molecule has 2 N–H and O–H groups in total. The molecule has 2 fully saturated rings. The molecular weight excluding hydrogens is 457 g/mol. The molecule has 3 heterocycles. The van der Waals surface area contributed by atoms with E-state index in [0.29, 0.717) is 41.2 Å². The van der Waals surface area contributed by atoms with Gasteiger partial charge in [-0.1, -0.05) is 11.6 Å². The zero-order chi connectivity index (χ0) is 23.5. The van der Waals surface area contributed by atoms with Crippen LogP contribution in [0, 0.1) is 11.7 Å². The SMILES string of the molecule is COc1cc2ncnc(Nc3ccc(F)c(Cl)c3)c2cc1OCCCN1CCC2CCNCC21. The van der Waals surface area contributed by atoms with Gasteiger partial charge in [0, 0.05) is 36.3 Å². The lowest BCUT2D eigenvalue weighted by Gasteiger charge is -2.32. The number of nitrogens with zero attached hydrogens (tertiary/aromatic N) is 3. The molecule has 2 aliphatic rings. The highest BCUT2D eigenvalue weighted by molar-refractivity contribution is 6.31. The van der Waals surface area contributed by atoms with Gasteiger partial charge in [-0.25, -0.2) is 14.4 Å². The molecule has 1 aromatic heterocycles. The van der Waals surface area contributed by atoms with E-state index in [9.17, 15) is 4.39 Å². The molecule has 2 aliphatic heterocycles. The second-order valence-corrected chi connectivity index (χ2v) is 9.25. The Hall–Kier alpha value is -2.68. The lowest BCUT2D eigenvalue weighted by molar-refractivity contribution is 0.179. The topological polar surface area (TPSA) is 71.5 Å². The van der Waals surface area contributed by atoms with Crippen LogP contribution in [0.1, 0.15) is 19.3 Å². The smallest absolute Gasteiger partial charge is 0.162 e. The Morgan fingerprint density at radius 1 is 1.21 bits per heavy atom. The van der Waals surface area contributed by atoms with Crippen LogP contribution in [0.2, 0.25) is 5.02 Å². The second kappa shape index (κ2) is 10.3. The number of halogens is 2. The molecule has 34 heavy (non-hydrogen) atoms. The Morgan fingerprint density at radius 2 is 2.12 bits per heavy atom. The molecule has 180 valence electrons. The summed E-state index contributed by atoms with van der Waals surface area (Å²) in [5.74, 6) is 2.21. The number of anilines is 2. The number of benzene rings is 2. The average molecular weight is 486 g/mol. The van der Waals surface area contributed by atoms with Gasteiger partial charge in [-0.2, -0.15) is 0 Å². The lowest BCUT2D eigenvalue weighted by atomic mass is 9.93. The van der Waals surface area contributed by atoms with Gasteiger partial charge in [0.2, 0.25) is 0 Å². The number of methoxy groups -OCH3 is 1. The van der Waals surface area contributed by atoms with Gasteiger partial charge in [-0.05, 0) is 62.5 Å². The van der Waals surface area contributed by atoms with Gasteiger partial charge in [0.25, 0.3) is 0 Å². The van der Waals surface area contributed by atoms with E-state index in [1.54, 1.807) is 13.2 Å². The molecule has 0 amide bonds. The van der Waals surface area contributed by atoms with Crippen LogP contribution in [-0.2, 0) is 0 Å². The number of rotatable bonds is 8. The van der Waals surface area contributed by atoms with Crippen molar-refractivity contribution in [3.8, 4) is 11.5 Å². The lowest BCUT2D eigenvalue weighted by Crippen LogP contribution is -2.46. The van der Waals surface area contributed by atoms with E-state index in [1.807, 2.05) is 12.1 Å². The van der Waals surface area contributed by atoms with Crippen molar-refractivity contribution in [2.24, 2.45) is 5.92 Å². The van der Waals surface area contributed by atoms with Crippen molar-refractivity contribution in [2.75, 3.05) is 45.2 Å². The number of piperidine rings is 1. The highest BCUT2D eigenvalue weighted by Gasteiger charge is 2.35. The third kappa shape index (κ3) is 4.89. The number of hydrogen-bond donors (Lipinski definition) is 2. The molecule has 2 unspecified atom stereocenters. The fourth-order valence-corrected chi connectivity index (χ4v) is 5.21. The van der Waals surface area contributed by atoms with Crippen LogP contribution in [0.5, 0.6) is 11.5 Å². The fourth-order valence-electron chi connectivity index (χ4n) is 5.03. The number of nitrogens with one attached hydrogen (secondary N) is 2. The zero-order valence-electron chi connectivity index (χ0n) is 19.2. The van der Waals surface area contributed by atoms with Gasteiger partial charge in [0.05, 0.1) is 24.3 Å². The maximum absolute atomic E-state index is 13.5. The second-order valence-electron chi connectivity index (χ2n) is 8.84. The normalized spacial score (nSPS) is 20.3. The third-order valence-corrected chi connectivity index (χ3v) is 7.09. The third-order valence-electron chi connectivity index (χ3n) is 6.80. The molecule has 0 bridgehead atoms. The van der Waals surface area contributed by atoms with Crippen molar-refractivity contribution in [3.05, 3.63) is 47.5 Å². The Kier molecular flexibility index (Phi) is 6.99. The molecule has 9 heteroatoms. The van der Waals surface area contributed by atoms with Crippen LogP contribution in [0.3, 0.4) is 0 Å². The van der Waals surface area contributed by atoms with Crippen LogP contribution < -0.4 is 20.1 Å². The largest absolute Gasteiger partial charge is 0.493 e. The van der Waals surface area contributed by atoms with E-state index in [4.69, 9.17) is 21.1 Å². The summed E-state index contributed by atoms with van der Waals surface area (Å²) in [5.41, 5.74) is 1.34. The van der Waals surface area contributed by atoms with Gasteiger partial charge in [-0.15, -0.1) is 0 Å². The zero-order valence-corrected chi connectivity index (χ0v) is 19.9. The molecule has 0 spiro atoms. The Morgan fingerprint density at radius 3 is 2.97 bits per heavy atom. The summed E-state index contributed by atoms with van der Waals surface area (Å²) in [7, 11) is 1.62. The van der Waals surface area contributed by atoms with E-state index < -0.39 is 5.82 Å². The Bertz CT molecular complexity index is 1160. The number of fused-ring (bicyclic) bond motifs is 2. The summed E-state index contributed by atoms with van der Waals surface area (Å²) in [6.45, 7) is 5.04. The monoisotopic (exact) mass is 485 g/mol. The predicted molar refractivity (Wildman–Crippen MR) is 132 cm³/mol. The summed E-state index contributed by atoms with van der Waals surface area (Å²) in [6.07, 6.45) is 5.00. The molecule has 2 aromatic carbocycles. The fraction of sp³-hybridized carbons (Fsp3) is 0.440. The van der Waals surface area contributed by atoms with Gasteiger partial charge in [-0.3, -0.25) is 4.90 Å². The number of ether oxygens (including phenoxy) is 2. The van der Waals surface area contributed by atoms with Crippen LogP contribution in [-0.4, -0.2) is 60.8 Å². The van der Waals surface area contributed by atoms with Crippen molar-refractivity contribution in [2.45, 2.75) is 25.3 Å². The molecule has 7 nitrogen and oxygen atoms in total. The predicted octanol–water partition coefficient (Wildman–Crippen LogP) is 4.63. The highest BCUT2D eigenvalue weighted by Crippen LogP contribution is 2.35. The van der Waals surface area contributed by atoms with Crippen LogP contribution in [0.15, 0.2) is 36.7 Å². The van der Waals surface area contributed by atoms with Crippen molar-refractivity contribution < 1.29 is 13.9 Å². The molecule has 5 rings (SSSR count). The van der Waals surface area contributed by atoms with E-state index >= 15 is 0 Å². The Labute approximate surface area is 203 Å².